The number of ether oxygens (including phenoxy) is 1. The van der Waals surface area contributed by atoms with Crippen molar-refractivity contribution in [3.05, 3.63) is 70.5 Å². The molecular weight excluding hydrogens is 424 g/mol. The van der Waals surface area contributed by atoms with E-state index >= 15 is 0 Å². The fourth-order valence-electron chi connectivity index (χ4n) is 3.07. The number of hydrogen-bond donors (Lipinski definition) is 1. The minimum Gasteiger partial charge on any atom is -0.378 e. The smallest absolute Gasteiger partial charge is 0.378 e. The number of halogens is 5. The number of carbonyl (C=O) groups is 1. The maximum Gasteiger partial charge on any atom is 0.412 e. The lowest BCUT2D eigenvalue weighted by Crippen LogP contribution is -2.38. The molecule has 1 unspecified atom stereocenters. The van der Waals surface area contributed by atoms with Gasteiger partial charge in [0.05, 0.1) is 13.2 Å². The van der Waals surface area contributed by atoms with Crippen molar-refractivity contribution in [2.24, 2.45) is 0 Å². The number of amides is 1. The summed E-state index contributed by atoms with van der Waals surface area (Å²) >= 11 is 5.66. The monoisotopic (exact) mass is 442 g/mol. The first-order valence-electron chi connectivity index (χ1n) is 9.17. The Morgan fingerprint density at radius 2 is 1.90 bits per heavy atom. The molecular formula is C21H19ClF4N2O2. The summed E-state index contributed by atoms with van der Waals surface area (Å²) in [5, 5.41) is 2.13. The Kier molecular flexibility index (Phi) is 6.99. The molecule has 0 aromatic heterocycles. The Bertz CT molecular complexity index is 927. The minimum atomic E-state index is -4.71. The molecule has 1 fully saturated rings. The van der Waals surface area contributed by atoms with Gasteiger partial charge >= 0.3 is 6.18 Å². The van der Waals surface area contributed by atoms with E-state index in [2.05, 4.69) is 0 Å². The highest BCUT2D eigenvalue weighted by atomic mass is 35.5. The van der Waals surface area contributed by atoms with Crippen molar-refractivity contribution in [2.45, 2.75) is 12.2 Å². The summed E-state index contributed by atoms with van der Waals surface area (Å²) in [6, 6.07) is 7.54. The highest BCUT2D eigenvalue weighted by Crippen LogP contribution is 2.34. The van der Waals surface area contributed by atoms with Crippen molar-refractivity contribution in [1.29, 1.82) is 0 Å². The van der Waals surface area contributed by atoms with Gasteiger partial charge in [0, 0.05) is 35.4 Å². The van der Waals surface area contributed by atoms with Gasteiger partial charge in [0.2, 0.25) is 5.91 Å². The molecule has 2 aromatic carbocycles. The summed E-state index contributed by atoms with van der Waals surface area (Å²) in [4.78, 5) is 14.1. The molecule has 3 rings (SSSR count). The van der Waals surface area contributed by atoms with Crippen LogP contribution in [0, 0.1) is 5.82 Å². The van der Waals surface area contributed by atoms with E-state index in [0.29, 0.717) is 32.0 Å². The molecule has 1 amide bonds. The second-order valence-corrected chi connectivity index (χ2v) is 7.11. The van der Waals surface area contributed by atoms with Gasteiger partial charge < -0.3 is 15.0 Å². The van der Waals surface area contributed by atoms with E-state index < -0.39 is 23.9 Å². The van der Waals surface area contributed by atoms with Crippen LogP contribution in [0.1, 0.15) is 17.2 Å². The molecule has 9 heteroatoms. The van der Waals surface area contributed by atoms with E-state index in [1.54, 1.807) is 6.07 Å². The van der Waals surface area contributed by atoms with Gasteiger partial charge in [0.15, 0.2) is 6.04 Å². The Labute approximate surface area is 176 Å². The Balaban J connectivity index is 1.78. The third-order valence-corrected chi connectivity index (χ3v) is 4.81. The fourth-order valence-corrected chi connectivity index (χ4v) is 3.23. The molecule has 1 heterocycles. The number of hydrogen-bond acceptors (Lipinski definition) is 3. The standard InChI is InChI=1S/C21H19ClF4N2O2/c22-16-6-4-14(18(23)13-16)5-7-19(29)27-20(21(24,25)26)15-2-1-3-17(12-15)28-8-10-30-11-9-28/h1-7,12-13,20H,8-11H2,(H,27,29)/b7-5+. The van der Waals surface area contributed by atoms with Crippen LogP contribution in [0.15, 0.2) is 48.5 Å². The zero-order valence-corrected chi connectivity index (χ0v) is 16.5. The van der Waals surface area contributed by atoms with E-state index in [9.17, 15) is 22.4 Å². The van der Waals surface area contributed by atoms with E-state index in [-0.39, 0.29) is 16.1 Å². The number of nitrogens with one attached hydrogen (secondary N) is 1. The number of rotatable bonds is 5. The quantitative estimate of drug-likeness (QED) is 0.537. The lowest BCUT2D eigenvalue weighted by atomic mass is 10.0. The molecule has 2 aromatic rings. The van der Waals surface area contributed by atoms with Crippen LogP contribution in [0.2, 0.25) is 5.02 Å². The van der Waals surface area contributed by atoms with Crippen molar-refractivity contribution >= 4 is 29.3 Å². The van der Waals surface area contributed by atoms with E-state index in [0.717, 1.165) is 18.2 Å². The van der Waals surface area contributed by atoms with Crippen LogP contribution < -0.4 is 10.2 Å². The van der Waals surface area contributed by atoms with Crippen molar-refractivity contribution in [3.63, 3.8) is 0 Å². The summed E-state index contributed by atoms with van der Waals surface area (Å²) in [6.45, 7) is 2.13. The SMILES string of the molecule is O=C(/C=C/c1ccc(Cl)cc1F)NC(c1cccc(N2CCOCC2)c1)C(F)(F)F. The van der Waals surface area contributed by atoms with Crippen LogP contribution in [-0.2, 0) is 9.53 Å². The van der Waals surface area contributed by atoms with Gasteiger partial charge in [-0.25, -0.2) is 4.39 Å². The second kappa shape index (κ2) is 9.49. The molecule has 1 saturated heterocycles. The van der Waals surface area contributed by atoms with Gasteiger partial charge in [0.25, 0.3) is 0 Å². The molecule has 0 saturated carbocycles. The number of carbonyl (C=O) groups excluding carboxylic acids is 1. The maximum atomic E-state index is 13.8. The van der Waals surface area contributed by atoms with Gasteiger partial charge in [-0.05, 0) is 35.9 Å². The Hall–Kier alpha value is -2.58. The molecule has 1 aliphatic rings. The first kappa shape index (κ1) is 22.1. The summed E-state index contributed by atoms with van der Waals surface area (Å²) in [5.41, 5.74) is 0.566. The second-order valence-electron chi connectivity index (χ2n) is 6.68. The van der Waals surface area contributed by atoms with E-state index in [1.807, 2.05) is 10.2 Å². The predicted molar refractivity (Wildman–Crippen MR) is 107 cm³/mol. The molecule has 0 bridgehead atoms. The van der Waals surface area contributed by atoms with E-state index in [4.69, 9.17) is 16.3 Å². The van der Waals surface area contributed by atoms with Gasteiger partial charge in [-0.15, -0.1) is 0 Å². The predicted octanol–water partition coefficient (Wildman–Crippen LogP) is 4.75. The van der Waals surface area contributed by atoms with Gasteiger partial charge in [-0.2, -0.15) is 13.2 Å². The van der Waals surface area contributed by atoms with Crippen LogP contribution in [-0.4, -0.2) is 38.4 Å². The number of nitrogens with zero attached hydrogens (tertiary/aromatic N) is 1. The van der Waals surface area contributed by atoms with Crippen LogP contribution in [0.4, 0.5) is 23.2 Å². The Morgan fingerprint density at radius 3 is 2.57 bits per heavy atom. The number of morpholine rings is 1. The maximum absolute atomic E-state index is 13.8. The fraction of sp³-hybridized carbons (Fsp3) is 0.286. The first-order chi connectivity index (χ1) is 14.2. The molecule has 1 N–H and O–H groups in total. The lowest BCUT2D eigenvalue weighted by molar-refractivity contribution is -0.162. The topological polar surface area (TPSA) is 41.6 Å². The molecule has 0 radical (unpaired) electrons. The molecule has 1 atom stereocenters. The summed E-state index contributed by atoms with van der Waals surface area (Å²) in [7, 11) is 0. The van der Waals surface area contributed by atoms with Crippen LogP contribution in [0.5, 0.6) is 0 Å². The minimum absolute atomic E-state index is 0.0347. The summed E-state index contributed by atoms with van der Waals surface area (Å²) < 4.78 is 60.0. The Morgan fingerprint density at radius 1 is 1.17 bits per heavy atom. The average molecular weight is 443 g/mol. The molecule has 1 aliphatic heterocycles. The number of anilines is 1. The zero-order valence-electron chi connectivity index (χ0n) is 15.8. The summed E-state index contributed by atoms with van der Waals surface area (Å²) in [5.74, 6) is -1.68. The van der Waals surface area contributed by atoms with E-state index in [1.165, 1.54) is 30.3 Å². The van der Waals surface area contributed by atoms with Crippen LogP contribution in [0.25, 0.3) is 6.08 Å². The van der Waals surface area contributed by atoms with Gasteiger partial charge in [-0.1, -0.05) is 29.8 Å². The highest BCUT2D eigenvalue weighted by Gasteiger charge is 2.41. The van der Waals surface area contributed by atoms with Crippen molar-refractivity contribution < 1.29 is 27.1 Å². The number of benzene rings is 2. The normalized spacial score (nSPS) is 16.0. The largest absolute Gasteiger partial charge is 0.412 e. The third-order valence-electron chi connectivity index (χ3n) is 4.57. The summed E-state index contributed by atoms with van der Waals surface area (Å²) in [6.07, 6.45) is -2.76. The first-order valence-corrected chi connectivity index (χ1v) is 9.55. The van der Waals surface area contributed by atoms with Crippen molar-refractivity contribution in [1.82, 2.24) is 5.32 Å². The van der Waals surface area contributed by atoms with Gasteiger partial charge in [0.1, 0.15) is 5.82 Å². The molecule has 4 nitrogen and oxygen atoms in total. The molecule has 0 aliphatic carbocycles. The van der Waals surface area contributed by atoms with Crippen molar-refractivity contribution in [3.8, 4) is 0 Å². The highest BCUT2D eigenvalue weighted by molar-refractivity contribution is 6.30. The lowest BCUT2D eigenvalue weighted by Gasteiger charge is -2.30. The van der Waals surface area contributed by atoms with Crippen LogP contribution in [0.3, 0.4) is 0 Å². The molecule has 30 heavy (non-hydrogen) atoms. The zero-order chi connectivity index (χ0) is 21.7. The third kappa shape index (κ3) is 5.73. The van der Waals surface area contributed by atoms with Gasteiger partial charge in [-0.3, -0.25) is 4.79 Å². The molecule has 0 spiro atoms. The average Bonchev–Trinajstić information content (AvgIpc) is 2.71. The van der Waals surface area contributed by atoms with Crippen LogP contribution >= 0.6 is 11.6 Å². The number of alkyl halides is 3. The van der Waals surface area contributed by atoms with Crippen molar-refractivity contribution in [2.75, 3.05) is 31.2 Å². The molecule has 160 valence electrons.